The van der Waals surface area contributed by atoms with Gasteiger partial charge in [0.25, 0.3) is 10.0 Å². The lowest BCUT2D eigenvalue weighted by molar-refractivity contribution is 0.602. The molecular weight excluding hydrogens is 356 g/mol. The van der Waals surface area contributed by atoms with E-state index in [9.17, 15) is 8.42 Å². The molecule has 2 aromatic heterocycles. The molecule has 126 valence electrons. The Morgan fingerprint density at radius 1 is 1.08 bits per heavy atom. The fourth-order valence-corrected chi connectivity index (χ4v) is 5.27. The van der Waals surface area contributed by atoms with Crippen molar-refractivity contribution in [3.8, 4) is 0 Å². The summed E-state index contributed by atoms with van der Waals surface area (Å²) >= 11 is 1.11. The first-order chi connectivity index (χ1) is 12.1. The largest absolute Gasteiger partial charge is 0.360 e. The summed E-state index contributed by atoms with van der Waals surface area (Å²) < 4.78 is 36.7. The average Bonchev–Trinajstić information content (AvgIpc) is 3.31. The van der Waals surface area contributed by atoms with E-state index in [1.165, 1.54) is 11.1 Å². The average molecular weight is 370 g/mol. The second-order valence-electron chi connectivity index (χ2n) is 6.21. The van der Waals surface area contributed by atoms with Gasteiger partial charge in [0.15, 0.2) is 0 Å². The number of aromatic amines is 1. The van der Waals surface area contributed by atoms with Crippen LogP contribution in [0, 0.1) is 0 Å². The number of benzene rings is 2. The van der Waals surface area contributed by atoms with Crippen molar-refractivity contribution in [3.05, 3.63) is 47.7 Å². The molecule has 2 heterocycles. The van der Waals surface area contributed by atoms with Crippen LogP contribution in [0.1, 0.15) is 17.5 Å². The predicted molar refractivity (Wildman–Crippen MR) is 98.5 cm³/mol. The number of hydrogen-bond acceptors (Lipinski definition) is 5. The minimum Gasteiger partial charge on any atom is -0.360 e. The smallest absolute Gasteiger partial charge is 0.264 e. The van der Waals surface area contributed by atoms with Gasteiger partial charge in [0.1, 0.15) is 15.9 Å². The third-order valence-corrected chi connectivity index (χ3v) is 6.67. The van der Waals surface area contributed by atoms with Crippen molar-refractivity contribution in [1.82, 2.24) is 13.7 Å². The van der Waals surface area contributed by atoms with Gasteiger partial charge in [0.05, 0.1) is 22.9 Å². The van der Waals surface area contributed by atoms with E-state index in [-0.39, 0.29) is 4.90 Å². The van der Waals surface area contributed by atoms with Crippen LogP contribution in [0.2, 0.25) is 0 Å². The van der Waals surface area contributed by atoms with Crippen LogP contribution in [-0.4, -0.2) is 22.1 Å². The van der Waals surface area contributed by atoms with Crippen LogP contribution < -0.4 is 4.72 Å². The van der Waals surface area contributed by atoms with E-state index in [4.69, 9.17) is 0 Å². The number of nitrogens with zero attached hydrogens (tertiary/aromatic N) is 2. The highest BCUT2D eigenvalue weighted by Crippen LogP contribution is 2.33. The molecule has 0 fully saturated rings. The monoisotopic (exact) mass is 370 g/mol. The SMILES string of the molecule is O=S(=O)(Nc1ccc2nsnc2c1)c1c[nH]c2c3c(ccc12)CCC3. The number of H-pyrrole nitrogens is 1. The zero-order valence-corrected chi connectivity index (χ0v) is 14.7. The van der Waals surface area contributed by atoms with Crippen LogP contribution >= 0.6 is 11.7 Å². The molecule has 8 heteroatoms. The molecule has 4 aromatic rings. The molecule has 5 rings (SSSR count). The van der Waals surface area contributed by atoms with Gasteiger partial charge < -0.3 is 4.98 Å². The van der Waals surface area contributed by atoms with Gasteiger partial charge in [-0.25, -0.2) is 8.42 Å². The summed E-state index contributed by atoms with van der Waals surface area (Å²) in [6.45, 7) is 0. The molecule has 25 heavy (non-hydrogen) atoms. The molecule has 0 radical (unpaired) electrons. The highest BCUT2D eigenvalue weighted by atomic mass is 32.2. The lowest BCUT2D eigenvalue weighted by Crippen LogP contribution is -2.12. The fourth-order valence-electron chi connectivity index (χ4n) is 3.53. The highest BCUT2D eigenvalue weighted by molar-refractivity contribution is 7.93. The van der Waals surface area contributed by atoms with Crippen LogP contribution in [0.3, 0.4) is 0 Å². The van der Waals surface area contributed by atoms with E-state index >= 15 is 0 Å². The molecule has 0 spiro atoms. The minimum atomic E-state index is -3.69. The Kier molecular flexibility index (Phi) is 3.13. The molecule has 0 amide bonds. The van der Waals surface area contributed by atoms with Gasteiger partial charge in [-0.1, -0.05) is 12.1 Å². The van der Waals surface area contributed by atoms with Crippen LogP contribution in [0.25, 0.3) is 21.9 Å². The van der Waals surface area contributed by atoms with Crippen molar-refractivity contribution in [2.24, 2.45) is 0 Å². The summed E-state index contributed by atoms with van der Waals surface area (Å²) in [7, 11) is -3.69. The van der Waals surface area contributed by atoms with E-state index in [0.717, 1.165) is 47.4 Å². The zero-order chi connectivity index (χ0) is 17.0. The minimum absolute atomic E-state index is 0.272. The molecular formula is C17H14N4O2S2. The Morgan fingerprint density at radius 2 is 1.96 bits per heavy atom. The topological polar surface area (TPSA) is 87.7 Å². The Balaban J connectivity index is 1.58. The van der Waals surface area contributed by atoms with E-state index in [0.29, 0.717) is 11.2 Å². The maximum Gasteiger partial charge on any atom is 0.264 e. The van der Waals surface area contributed by atoms with Crippen molar-refractivity contribution in [1.29, 1.82) is 0 Å². The molecule has 0 aliphatic heterocycles. The zero-order valence-electron chi connectivity index (χ0n) is 13.1. The Morgan fingerprint density at radius 3 is 2.88 bits per heavy atom. The summed E-state index contributed by atoms with van der Waals surface area (Å²) in [5.41, 5.74) is 5.42. The van der Waals surface area contributed by atoms with Crippen molar-refractivity contribution >= 4 is 49.4 Å². The molecule has 0 unspecified atom stereocenters. The van der Waals surface area contributed by atoms with Gasteiger partial charge in [-0.05, 0) is 48.6 Å². The normalized spacial score (nSPS) is 14.2. The van der Waals surface area contributed by atoms with E-state index in [1.54, 1.807) is 24.4 Å². The van der Waals surface area contributed by atoms with E-state index in [2.05, 4.69) is 18.5 Å². The van der Waals surface area contributed by atoms with Gasteiger partial charge in [-0.15, -0.1) is 0 Å². The number of rotatable bonds is 3. The summed E-state index contributed by atoms with van der Waals surface area (Å²) in [6, 6.07) is 9.11. The number of anilines is 1. The first kappa shape index (κ1) is 14.9. The van der Waals surface area contributed by atoms with Crippen LogP contribution in [-0.2, 0) is 22.9 Å². The number of sulfonamides is 1. The quantitative estimate of drug-likeness (QED) is 0.578. The first-order valence-corrected chi connectivity index (χ1v) is 10.2. The number of hydrogen-bond donors (Lipinski definition) is 2. The Hall–Kier alpha value is -2.45. The maximum atomic E-state index is 12.9. The molecule has 2 N–H and O–H groups in total. The Labute approximate surface area is 148 Å². The molecule has 6 nitrogen and oxygen atoms in total. The van der Waals surface area contributed by atoms with E-state index < -0.39 is 10.0 Å². The lowest BCUT2D eigenvalue weighted by atomic mass is 10.1. The fraction of sp³-hybridized carbons (Fsp3) is 0.176. The number of nitrogens with one attached hydrogen (secondary N) is 2. The van der Waals surface area contributed by atoms with Gasteiger partial charge in [0.2, 0.25) is 0 Å². The summed E-state index contributed by atoms with van der Waals surface area (Å²) in [6.07, 6.45) is 4.75. The number of fused-ring (bicyclic) bond motifs is 4. The highest BCUT2D eigenvalue weighted by Gasteiger charge is 2.23. The third-order valence-electron chi connectivity index (χ3n) is 4.69. The van der Waals surface area contributed by atoms with Crippen LogP contribution in [0.15, 0.2) is 41.4 Å². The molecule has 2 aromatic carbocycles. The Bertz CT molecular complexity index is 1220. The molecule has 0 saturated carbocycles. The summed E-state index contributed by atoms with van der Waals surface area (Å²) in [5.74, 6) is 0. The molecule has 0 saturated heterocycles. The van der Waals surface area contributed by atoms with Crippen LogP contribution in [0.4, 0.5) is 5.69 Å². The molecule has 0 atom stereocenters. The number of aryl methyl sites for hydroxylation is 2. The van der Waals surface area contributed by atoms with Gasteiger partial charge >= 0.3 is 0 Å². The first-order valence-electron chi connectivity index (χ1n) is 7.99. The third kappa shape index (κ3) is 2.32. The van der Waals surface area contributed by atoms with Crippen molar-refractivity contribution in [2.45, 2.75) is 24.2 Å². The lowest BCUT2D eigenvalue weighted by Gasteiger charge is -2.07. The predicted octanol–water partition coefficient (Wildman–Crippen LogP) is 3.46. The second kappa shape index (κ2) is 5.27. The van der Waals surface area contributed by atoms with Crippen LogP contribution in [0.5, 0.6) is 0 Å². The van der Waals surface area contributed by atoms with Gasteiger partial charge in [-0.3, -0.25) is 4.72 Å². The maximum absolute atomic E-state index is 12.9. The van der Waals surface area contributed by atoms with Gasteiger partial charge in [-0.2, -0.15) is 8.75 Å². The molecule has 1 aliphatic carbocycles. The van der Waals surface area contributed by atoms with Crippen molar-refractivity contribution in [2.75, 3.05) is 4.72 Å². The van der Waals surface area contributed by atoms with Crippen molar-refractivity contribution in [3.63, 3.8) is 0 Å². The molecule has 1 aliphatic rings. The number of aromatic nitrogens is 3. The summed E-state index contributed by atoms with van der Waals surface area (Å²) in [5, 5.41) is 0.740. The second-order valence-corrected chi connectivity index (χ2v) is 8.38. The van der Waals surface area contributed by atoms with Gasteiger partial charge in [0, 0.05) is 11.6 Å². The van der Waals surface area contributed by atoms with E-state index in [1.807, 2.05) is 12.1 Å². The molecule has 0 bridgehead atoms. The summed E-state index contributed by atoms with van der Waals surface area (Å²) in [4.78, 5) is 3.44. The van der Waals surface area contributed by atoms with Crippen molar-refractivity contribution < 1.29 is 8.42 Å². The standard InChI is InChI=1S/C17H14N4O2S2/c22-25(23,21-11-5-7-14-15(8-11)20-24-19-14)16-9-18-17-12-3-1-2-10(12)4-6-13(16)17/h4-9,18,21H,1-3H2.